The van der Waals surface area contributed by atoms with Crippen LogP contribution in [0.3, 0.4) is 0 Å². The Morgan fingerprint density at radius 1 is 1.14 bits per heavy atom. The fraction of sp³-hybridized carbons (Fsp3) is 0.200. The third-order valence-electron chi connectivity index (χ3n) is 3.19. The largest absolute Gasteiger partial charge is 0.394 e. The number of rotatable bonds is 5. The maximum absolute atomic E-state index is 8.85. The van der Waals surface area contributed by atoms with E-state index in [-0.39, 0.29) is 6.61 Å². The number of nitrogens with zero attached hydrogens (tertiary/aromatic N) is 3. The van der Waals surface area contributed by atoms with Crippen LogP contribution in [0.5, 0.6) is 0 Å². The van der Waals surface area contributed by atoms with Crippen LogP contribution < -0.4 is 5.32 Å². The molecular weight excluding hydrogens is 332 g/mol. The van der Waals surface area contributed by atoms with Crippen LogP contribution in [0.4, 0.5) is 5.69 Å². The third kappa shape index (κ3) is 3.40. The molecule has 0 atom stereocenters. The van der Waals surface area contributed by atoms with Crippen molar-refractivity contribution in [2.24, 2.45) is 0 Å². The molecule has 2 N–H and O–H groups in total. The number of nitrogens with one attached hydrogen (secondary N) is 1. The Labute approximate surface area is 130 Å². The standard InChI is InChI=1S/C15H15BrN4O/c16-13-3-1-12-8-14(4-2-11(12)7-13)17-9-15-10-20(5-6-21)19-18-15/h1-4,7-8,10,17,21H,5-6,9H2. The molecule has 0 bridgehead atoms. The van der Waals surface area contributed by atoms with Gasteiger partial charge < -0.3 is 10.4 Å². The Kier molecular flexibility index (Phi) is 4.17. The number of fused-ring (bicyclic) bond motifs is 1. The molecule has 0 amide bonds. The van der Waals surface area contributed by atoms with E-state index in [9.17, 15) is 0 Å². The van der Waals surface area contributed by atoms with Crippen LogP contribution in [0.2, 0.25) is 0 Å². The maximum Gasteiger partial charge on any atom is 0.102 e. The van der Waals surface area contributed by atoms with Gasteiger partial charge in [0.05, 0.1) is 25.9 Å². The zero-order chi connectivity index (χ0) is 14.7. The summed E-state index contributed by atoms with van der Waals surface area (Å²) in [4.78, 5) is 0. The Hall–Kier alpha value is -1.92. The van der Waals surface area contributed by atoms with Gasteiger partial charge in [0.25, 0.3) is 0 Å². The lowest BCUT2D eigenvalue weighted by atomic mass is 10.1. The SMILES string of the molecule is OCCn1cc(CNc2ccc3cc(Br)ccc3c2)nn1. The van der Waals surface area contributed by atoms with Crippen molar-refractivity contribution in [1.29, 1.82) is 0 Å². The highest BCUT2D eigenvalue weighted by Gasteiger charge is 2.01. The summed E-state index contributed by atoms with van der Waals surface area (Å²) >= 11 is 3.48. The molecule has 0 aliphatic rings. The van der Waals surface area contributed by atoms with Gasteiger partial charge in [0.1, 0.15) is 5.69 Å². The predicted molar refractivity (Wildman–Crippen MR) is 86.1 cm³/mol. The number of hydrogen-bond acceptors (Lipinski definition) is 4. The summed E-state index contributed by atoms with van der Waals surface area (Å²) in [7, 11) is 0. The molecule has 108 valence electrons. The molecule has 0 fully saturated rings. The van der Waals surface area contributed by atoms with Crippen LogP contribution in [0.25, 0.3) is 10.8 Å². The highest BCUT2D eigenvalue weighted by Crippen LogP contribution is 2.23. The van der Waals surface area contributed by atoms with Gasteiger partial charge in [-0.15, -0.1) is 5.10 Å². The second kappa shape index (κ2) is 6.24. The molecule has 0 unspecified atom stereocenters. The molecule has 0 radical (unpaired) electrons. The summed E-state index contributed by atoms with van der Waals surface area (Å²) in [6.07, 6.45) is 1.83. The van der Waals surface area contributed by atoms with Crippen LogP contribution in [0, 0.1) is 0 Å². The van der Waals surface area contributed by atoms with Gasteiger partial charge in [-0.25, -0.2) is 4.68 Å². The van der Waals surface area contributed by atoms with Gasteiger partial charge in [-0.2, -0.15) is 0 Å². The third-order valence-corrected chi connectivity index (χ3v) is 3.68. The van der Waals surface area contributed by atoms with Gasteiger partial charge in [-0.05, 0) is 35.0 Å². The van der Waals surface area contributed by atoms with Gasteiger partial charge in [0.15, 0.2) is 0 Å². The summed E-state index contributed by atoms with van der Waals surface area (Å²) in [5, 5.41) is 22.6. The van der Waals surface area contributed by atoms with E-state index in [0.717, 1.165) is 15.9 Å². The number of hydrogen-bond donors (Lipinski definition) is 2. The molecule has 2 aromatic carbocycles. The molecule has 0 aliphatic heterocycles. The number of anilines is 1. The Morgan fingerprint density at radius 2 is 1.95 bits per heavy atom. The van der Waals surface area contributed by atoms with Crippen molar-refractivity contribution in [3.63, 3.8) is 0 Å². The van der Waals surface area contributed by atoms with E-state index in [0.29, 0.717) is 13.1 Å². The molecular formula is C15H15BrN4O. The fourth-order valence-corrected chi connectivity index (χ4v) is 2.53. The molecule has 3 rings (SSSR count). The van der Waals surface area contributed by atoms with E-state index in [4.69, 9.17) is 5.11 Å². The van der Waals surface area contributed by atoms with Gasteiger partial charge in [-0.3, -0.25) is 0 Å². The van der Waals surface area contributed by atoms with Crippen molar-refractivity contribution in [3.05, 3.63) is 52.8 Å². The lowest BCUT2D eigenvalue weighted by molar-refractivity contribution is 0.268. The molecule has 3 aromatic rings. The predicted octanol–water partition coefficient (Wildman–Crippen LogP) is 2.80. The molecule has 6 heteroatoms. The van der Waals surface area contributed by atoms with E-state index >= 15 is 0 Å². The lowest BCUT2D eigenvalue weighted by Crippen LogP contribution is -2.02. The molecule has 0 saturated heterocycles. The number of aliphatic hydroxyl groups excluding tert-OH is 1. The lowest BCUT2D eigenvalue weighted by Gasteiger charge is -2.06. The summed E-state index contributed by atoms with van der Waals surface area (Å²) in [5.74, 6) is 0. The minimum Gasteiger partial charge on any atom is -0.394 e. The number of benzene rings is 2. The van der Waals surface area contributed by atoms with E-state index in [1.54, 1.807) is 4.68 Å². The van der Waals surface area contributed by atoms with E-state index in [1.807, 2.05) is 18.3 Å². The zero-order valence-corrected chi connectivity index (χ0v) is 12.9. The van der Waals surface area contributed by atoms with E-state index in [1.165, 1.54) is 10.8 Å². The summed E-state index contributed by atoms with van der Waals surface area (Å²) < 4.78 is 2.71. The van der Waals surface area contributed by atoms with Crippen LogP contribution >= 0.6 is 15.9 Å². The topological polar surface area (TPSA) is 63.0 Å². The van der Waals surface area contributed by atoms with Gasteiger partial charge >= 0.3 is 0 Å². The number of aromatic nitrogens is 3. The first-order valence-corrected chi connectivity index (χ1v) is 7.47. The van der Waals surface area contributed by atoms with Gasteiger partial charge in [0, 0.05) is 10.2 Å². The highest BCUT2D eigenvalue weighted by atomic mass is 79.9. The molecule has 1 aromatic heterocycles. The first-order valence-electron chi connectivity index (χ1n) is 6.68. The van der Waals surface area contributed by atoms with E-state index in [2.05, 4.69) is 55.8 Å². The molecule has 0 spiro atoms. The minimum atomic E-state index is 0.0659. The fourth-order valence-electron chi connectivity index (χ4n) is 2.15. The van der Waals surface area contributed by atoms with Crippen LogP contribution in [0.1, 0.15) is 5.69 Å². The quantitative estimate of drug-likeness (QED) is 0.745. The summed E-state index contributed by atoms with van der Waals surface area (Å²) in [6.45, 7) is 1.14. The highest BCUT2D eigenvalue weighted by molar-refractivity contribution is 9.10. The van der Waals surface area contributed by atoms with Gasteiger partial charge in [0.2, 0.25) is 0 Å². The van der Waals surface area contributed by atoms with E-state index < -0.39 is 0 Å². The average Bonchev–Trinajstić information content (AvgIpc) is 2.93. The van der Waals surface area contributed by atoms with Crippen LogP contribution in [-0.4, -0.2) is 26.7 Å². The molecule has 5 nitrogen and oxygen atoms in total. The average molecular weight is 347 g/mol. The van der Waals surface area contributed by atoms with Crippen molar-refractivity contribution in [1.82, 2.24) is 15.0 Å². The van der Waals surface area contributed by atoms with Crippen molar-refractivity contribution < 1.29 is 5.11 Å². The van der Waals surface area contributed by atoms with Gasteiger partial charge in [-0.1, -0.05) is 33.3 Å². The van der Waals surface area contributed by atoms with Crippen molar-refractivity contribution in [2.75, 3.05) is 11.9 Å². The summed E-state index contributed by atoms with van der Waals surface area (Å²) in [5.41, 5.74) is 1.89. The summed E-state index contributed by atoms with van der Waals surface area (Å²) in [6, 6.07) is 12.5. The molecule has 1 heterocycles. The van der Waals surface area contributed by atoms with Crippen LogP contribution in [-0.2, 0) is 13.1 Å². The smallest absolute Gasteiger partial charge is 0.102 e. The molecule has 0 aliphatic carbocycles. The second-order valence-corrected chi connectivity index (χ2v) is 5.67. The van der Waals surface area contributed by atoms with Crippen molar-refractivity contribution in [2.45, 2.75) is 13.1 Å². The maximum atomic E-state index is 8.85. The molecule has 21 heavy (non-hydrogen) atoms. The Bertz CT molecular complexity index is 756. The Balaban J connectivity index is 1.70. The van der Waals surface area contributed by atoms with Crippen LogP contribution in [0.15, 0.2) is 47.1 Å². The van der Waals surface area contributed by atoms with Crippen molar-refractivity contribution >= 4 is 32.4 Å². The second-order valence-electron chi connectivity index (χ2n) is 4.76. The monoisotopic (exact) mass is 346 g/mol. The van der Waals surface area contributed by atoms with Crippen molar-refractivity contribution in [3.8, 4) is 0 Å². The minimum absolute atomic E-state index is 0.0659. The Morgan fingerprint density at radius 3 is 2.81 bits per heavy atom. The first kappa shape index (κ1) is 14.0. The number of halogens is 1. The zero-order valence-electron chi connectivity index (χ0n) is 11.3. The number of aliphatic hydroxyl groups is 1. The molecule has 0 saturated carbocycles. The normalized spacial score (nSPS) is 11.0. The first-order chi connectivity index (χ1) is 10.2.